The van der Waals surface area contributed by atoms with E-state index < -0.39 is 6.10 Å². The molecular formula is C13H18BrN3O2. The third-order valence-electron chi connectivity index (χ3n) is 2.92. The summed E-state index contributed by atoms with van der Waals surface area (Å²) in [5.74, 6) is 0.528. The normalized spacial score (nSPS) is 23.9. The Hall–Kier alpha value is -1.11. The summed E-state index contributed by atoms with van der Waals surface area (Å²) >= 11 is 3.39. The molecular weight excluding hydrogens is 310 g/mol. The van der Waals surface area contributed by atoms with Crippen molar-refractivity contribution in [1.29, 1.82) is 0 Å². The Balaban J connectivity index is 1.87. The largest absolute Gasteiger partial charge is 0.480 e. The van der Waals surface area contributed by atoms with E-state index in [1.807, 2.05) is 24.3 Å². The van der Waals surface area contributed by atoms with Gasteiger partial charge < -0.3 is 10.1 Å². The van der Waals surface area contributed by atoms with Crippen LogP contribution in [0, 0.1) is 0 Å². The van der Waals surface area contributed by atoms with Crippen LogP contribution in [0.2, 0.25) is 0 Å². The second-order valence-electron chi connectivity index (χ2n) is 4.68. The SMILES string of the molecule is CC1CC(NC(=O)C(C)Oc2ccccc2Br)NN1. The summed E-state index contributed by atoms with van der Waals surface area (Å²) in [6.45, 7) is 3.79. The van der Waals surface area contributed by atoms with Crippen LogP contribution < -0.4 is 20.9 Å². The summed E-state index contributed by atoms with van der Waals surface area (Å²) in [6, 6.07) is 7.83. The third kappa shape index (κ3) is 3.92. The molecule has 3 N–H and O–H groups in total. The van der Waals surface area contributed by atoms with Crippen LogP contribution in [0.15, 0.2) is 28.7 Å². The smallest absolute Gasteiger partial charge is 0.262 e. The monoisotopic (exact) mass is 327 g/mol. The van der Waals surface area contributed by atoms with Gasteiger partial charge in [0.15, 0.2) is 6.10 Å². The lowest BCUT2D eigenvalue weighted by molar-refractivity contribution is -0.128. The van der Waals surface area contributed by atoms with Crippen LogP contribution in [-0.2, 0) is 4.79 Å². The van der Waals surface area contributed by atoms with Crippen LogP contribution in [-0.4, -0.2) is 24.2 Å². The van der Waals surface area contributed by atoms with Crippen molar-refractivity contribution < 1.29 is 9.53 Å². The molecule has 3 atom stereocenters. The maximum absolute atomic E-state index is 12.0. The van der Waals surface area contributed by atoms with E-state index >= 15 is 0 Å². The number of ether oxygens (including phenoxy) is 1. The van der Waals surface area contributed by atoms with Crippen LogP contribution >= 0.6 is 15.9 Å². The average molecular weight is 328 g/mol. The van der Waals surface area contributed by atoms with E-state index in [4.69, 9.17) is 4.74 Å². The van der Waals surface area contributed by atoms with Gasteiger partial charge in [0.05, 0.1) is 10.6 Å². The molecule has 5 nitrogen and oxygen atoms in total. The molecule has 104 valence electrons. The Bertz CT molecular complexity index is 455. The molecule has 2 rings (SSSR count). The standard InChI is InChI=1S/C13H18BrN3O2/c1-8-7-12(17-16-8)15-13(18)9(2)19-11-6-4-3-5-10(11)14/h3-6,8-9,12,16-17H,7H2,1-2H3,(H,15,18). The van der Waals surface area contributed by atoms with E-state index in [0.717, 1.165) is 10.9 Å². The van der Waals surface area contributed by atoms with Crippen molar-refractivity contribution in [1.82, 2.24) is 16.2 Å². The summed E-state index contributed by atoms with van der Waals surface area (Å²) in [6.07, 6.45) is 0.261. The zero-order valence-corrected chi connectivity index (χ0v) is 12.5. The predicted molar refractivity (Wildman–Crippen MR) is 76.5 cm³/mol. The lowest BCUT2D eigenvalue weighted by Crippen LogP contribution is -2.48. The van der Waals surface area contributed by atoms with Gasteiger partial charge in [-0.3, -0.25) is 10.2 Å². The number of rotatable bonds is 4. The molecule has 1 fully saturated rings. The second kappa shape index (κ2) is 6.36. The van der Waals surface area contributed by atoms with Crippen LogP contribution in [0.4, 0.5) is 0 Å². The van der Waals surface area contributed by atoms with Gasteiger partial charge in [0, 0.05) is 6.04 Å². The molecule has 1 aliphatic rings. The molecule has 0 aliphatic carbocycles. The molecule has 0 spiro atoms. The Labute approximate surface area is 121 Å². The summed E-state index contributed by atoms with van der Waals surface area (Å²) < 4.78 is 6.47. The number of hydrazine groups is 1. The van der Waals surface area contributed by atoms with Crippen molar-refractivity contribution in [3.63, 3.8) is 0 Å². The van der Waals surface area contributed by atoms with Crippen LogP contribution in [0.5, 0.6) is 5.75 Å². The molecule has 1 saturated heterocycles. The Morgan fingerprint density at radius 2 is 2.21 bits per heavy atom. The summed E-state index contributed by atoms with van der Waals surface area (Å²) in [5, 5.41) is 2.90. The predicted octanol–water partition coefficient (Wildman–Crippen LogP) is 1.55. The number of nitrogens with one attached hydrogen (secondary N) is 3. The number of carbonyl (C=O) groups is 1. The average Bonchev–Trinajstić information content (AvgIpc) is 2.77. The summed E-state index contributed by atoms with van der Waals surface area (Å²) in [5.41, 5.74) is 6.08. The fraction of sp³-hybridized carbons (Fsp3) is 0.462. The number of hydrogen-bond donors (Lipinski definition) is 3. The van der Waals surface area contributed by atoms with Gasteiger partial charge in [0.1, 0.15) is 5.75 Å². The topological polar surface area (TPSA) is 62.4 Å². The molecule has 6 heteroatoms. The summed E-state index contributed by atoms with van der Waals surface area (Å²) in [7, 11) is 0. The molecule has 0 bridgehead atoms. The molecule has 1 aromatic rings. The number of amides is 1. The van der Waals surface area contributed by atoms with Gasteiger partial charge >= 0.3 is 0 Å². The highest BCUT2D eigenvalue weighted by Crippen LogP contribution is 2.24. The zero-order chi connectivity index (χ0) is 13.8. The molecule has 1 heterocycles. The maximum Gasteiger partial charge on any atom is 0.262 e. The van der Waals surface area contributed by atoms with E-state index in [2.05, 4.69) is 39.0 Å². The molecule has 3 unspecified atom stereocenters. The Morgan fingerprint density at radius 3 is 2.84 bits per heavy atom. The molecule has 1 aromatic carbocycles. The lowest BCUT2D eigenvalue weighted by atomic mass is 10.2. The van der Waals surface area contributed by atoms with Gasteiger partial charge in [0.25, 0.3) is 5.91 Å². The Kier molecular flexibility index (Phi) is 4.79. The second-order valence-corrected chi connectivity index (χ2v) is 5.53. The number of hydrogen-bond acceptors (Lipinski definition) is 4. The van der Waals surface area contributed by atoms with Gasteiger partial charge in [-0.05, 0) is 48.3 Å². The first-order valence-corrected chi connectivity index (χ1v) is 7.08. The highest BCUT2D eigenvalue weighted by atomic mass is 79.9. The third-order valence-corrected chi connectivity index (χ3v) is 3.57. The molecule has 0 radical (unpaired) electrons. The Morgan fingerprint density at radius 1 is 1.47 bits per heavy atom. The maximum atomic E-state index is 12.0. The van der Waals surface area contributed by atoms with Crippen LogP contribution in [0.25, 0.3) is 0 Å². The lowest BCUT2D eigenvalue weighted by Gasteiger charge is -2.18. The van der Waals surface area contributed by atoms with Crippen molar-refractivity contribution in [2.75, 3.05) is 0 Å². The highest BCUT2D eigenvalue weighted by Gasteiger charge is 2.24. The van der Waals surface area contributed by atoms with Crippen molar-refractivity contribution in [3.8, 4) is 5.75 Å². The first-order chi connectivity index (χ1) is 9.06. The first-order valence-electron chi connectivity index (χ1n) is 6.29. The van der Waals surface area contributed by atoms with Crippen molar-refractivity contribution in [2.45, 2.75) is 38.6 Å². The zero-order valence-electron chi connectivity index (χ0n) is 10.9. The number of benzene rings is 1. The van der Waals surface area contributed by atoms with Gasteiger partial charge in [-0.15, -0.1) is 0 Å². The number of carbonyl (C=O) groups excluding carboxylic acids is 1. The molecule has 0 aromatic heterocycles. The minimum Gasteiger partial charge on any atom is -0.480 e. The van der Waals surface area contributed by atoms with Gasteiger partial charge in [0.2, 0.25) is 0 Å². The van der Waals surface area contributed by atoms with Gasteiger partial charge in [-0.25, -0.2) is 5.43 Å². The van der Waals surface area contributed by atoms with E-state index in [-0.39, 0.29) is 12.1 Å². The minimum atomic E-state index is -0.545. The van der Waals surface area contributed by atoms with E-state index in [0.29, 0.717) is 11.8 Å². The number of para-hydroxylation sites is 1. The molecule has 1 aliphatic heterocycles. The fourth-order valence-corrected chi connectivity index (χ4v) is 2.26. The van der Waals surface area contributed by atoms with E-state index in [1.54, 1.807) is 6.92 Å². The highest BCUT2D eigenvalue weighted by molar-refractivity contribution is 9.10. The number of halogens is 1. The van der Waals surface area contributed by atoms with Crippen molar-refractivity contribution in [3.05, 3.63) is 28.7 Å². The fourth-order valence-electron chi connectivity index (χ4n) is 1.88. The summed E-state index contributed by atoms with van der Waals surface area (Å²) in [4.78, 5) is 12.0. The first kappa shape index (κ1) is 14.3. The van der Waals surface area contributed by atoms with Crippen molar-refractivity contribution >= 4 is 21.8 Å². The van der Waals surface area contributed by atoms with E-state index in [1.165, 1.54) is 0 Å². The van der Waals surface area contributed by atoms with Crippen LogP contribution in [0.3, 0.4) is 0 Å². The quantitative estimate of drug-likeness (QED) is 0.785. The van der Waals surface area contributed by atoms with Gasteiger partial charge in [-0.2, -0.15) is 0 Å². The molecule has 19 heavy (non-hydrogen) atoms. The molecule has 0 saturated carbocycles. The minimum absolute atomic E-state index is 0.0484. The van der Waals surface area contributed by atoms with Crippen LogP contribution in [0.1, 0.15) is 20.3 Å². The van der Waals surface area contributed by atoms with Gasteiger partial charge in [-0.1, -0.05) is 12.1 Å². The van der Waals surface area contributed by atoms with E-state index in [9.17, 15) is 4.79 Å². The molecule has 1 amide bonds. The van der Waals surface area contributed by atoms with Crippen molar-refractivity contribution in [2.24, 2.45) is 0 Å².